The molecule has 0 saturated heterocycles. The van der Waals surface area contributed by atoms with Gasteiger partial charge in [-0.05, 0) is 34.5 Å². The maximum atomic E-state index is 11.2. The first-order chi connectivity index (χ1) is 7.13. The molecule has 0 aliphatic carbocycles. The zero-order valence-corrected chi connectivity index (χ0v) is 10.9. The van der Waals surface area contributed by atoms with E-state index in [1.54, 1.807) is 0 Å². The third-order valence-corrected chi connectivity index (χ3v) is 3.62. The highest BCUT2D eigenvalue weighted by Crippen LogP contribution is 2.26. The summed E-state index contributed by atoms with van der Waals surface area (Å²) in [7, 11) is 0. The Morgan fingerprint density at radius 2 is 2.40 bits per heavy atom. The normalized spacial score (nSPS) is 12.5. The van der Waals surface area contributed by atoms with Crippen LogP contribution in [-0.4, -0.2) is 17.6 Å². The quantitative estimate of drug-likeness (QED) is 0.876. The van der Waals surface area contributed by atoms with Crippen molar-refractivity contribution in [3.05, 3.63) is 20.8 Å². The molecule has 0 aliphatic rings. The molecule has 1 atom stereocenters. The van der Waals surface area contributed by atoms with Gasteiger partial charge >= 0.3 is 0 Å². The van der Waals surface area contributed by atoms with Crippen LogP contribution in [0.2, 0.25) is 0 Å². The zero-order valence-electron chi connectivity index (χ0n) is 8.50. The third-order valence-electron chi connectivity index (χ3n) is 1.89. The Hall–Kier alpha value is -0.390. The van der Waals surface area contributed by atoms with E-state index in [1.807, 2.05) is 19.1 Å². The second-order valence-electron chi connectivity index (χ2n) is 3.21. The van der Waals surface area contributed by atoms with Crippen LogP contribution in [0.1, 0.15) is 30.7 Å². The number of rotatable bonds is 5. The minimum Gasteiger partial charge on any atom is -0.386 e. The number of thiophene rings is 1. The Morgan fingerprint density at radius 3 is 2.93 bits per heavy atom. The molecule has 0 aromatic carbocycles. The first-order valence-electron chi connectivity index (χ1n) is 4.83. The van der Waals surface area contributed by atoms with Gasteiger partial charge in [0.05, 0.1) is 3.79 Å². The number of hydrogen-bond donors (Lipinski definition) is 2. The average Bonchev–Trinajstić information content (AvgIpc) is 2.62. The van der Waals surface area contributed by atoms with Crippen LogP contribution in [0, 0.1) is 0 Å². The Kier molecular flexibility index (Phi) is 5.28. The topological polar surface area (TPSA) is 49.3 Å². The second kappa shape index (κ2) is 6.25. The van der Waals surface area contributed by atoms with Gasteiger partial charge < -0.3 is 10.4 Å². The number of carbonyl (C=O) groups excluding carboxylic acids is 1. The molecular weight excluding hydrogens is 278 g/mol. The summed E-state index contributed by atoms with van der Waals surface area (Å²) in [6.45, 7) is 2.23. The molecule has 3 nitrogen and oxygen atoms in total. The van der Waals surface area contributed by atoms with E-state index in [0.29, 0.717) is 6.42 Å². The molecule has 1 unspecified atom stereocenters. The highest BCUT2D eigenvalue weighted by Gasteiger charge is 2.10. The smallest absolute Gasteiger partial charge is 0.220 e. The van der Waals surface area contributed by atoms with Crippen molar-refractivity contribution in [2.45, 2.75) is 25.9 Å². The Morgan fingerprint density at radius 1 is 1.67 bits per heavy atom. The van der Waals surface area contributed by atoms with Gasteiger partial charge in [0.1, 0.15) is 6.10 Å². The van der Waals surface area contributed by atoms with Gasteiger partial charge in [0.2, 0.25) is 5.91 Å². The maximum absolute atomic E-state index is 11.2. The Balaban J connectivity index is 2.36. The summed E-state index contributed by atoms with van der Waals surface area (Å²) < 4.78 is 0.983. The first-order valence-corrected chi connectivity index (χ1v) is 6.44. The van der Waals surface area contributed by atoms with E-state index < -0.39 is 6.10 Å². The molecule has 1 amide bonds. The van der Waals surface area contributed by atoms with Gasteiger partial charge in [0, 0.05) is 17.8 Å². The molecule has 1 aromatic rings. The van der Waals surface area contributed by atoms with E-state index in [-0.39, 0.29) is 12.5 Å². The van der Waals surface area contributed by atoms with Crippen molar-refractivity contribution >= 4 is 33.2 Å². The number of aliphatic hydroxyl groups excluding tert-OH is 1. The molecule has 0 aliphatic heterocycles. The van der Waals surface area contributed by atoms with Crippen LogP contribution >= 0.6 is 27.3 Å². The number of halogens is 1. The molecule has 1 aromatic heterocycles. The number of carbonyl (C=O) groups is 1. The molecular formula is C10H14BrNO2S. The standard InChI is InChI=1S/C10H14BrNO2S/c1-2-3-10(14)12-6-7(13)8-4-5-9(11)15-8/h4-5,7,13H,2-3,6H2,1H3,(H,12,14). The zero-order chi connectivity index (χ0) is 11.3. The largest absolute Gasteiger partial charge is 0.386 e. The molecule has 0 fully saturated rings. The lowest BCUT2D eigenvalue weighted by Crippen LogP contribution is -2.27. The van der Waals surface area contributed by atoms with Crippen molar-refractivity contribution in [2.24, 2.45) is 0 Å². The number of nitrogens with one attached hydrogen (secondary N) is 1. The van der Waals surface area contributed by atoms with E-state index in [0.717, 1.165) is 15.1 Å². The summed E-state index contributed by atoms with van der Waals surface area (Å²) in [6, 6.07) is 3.74. The van der Waals surface area contributed by atoms with Crippen molar-refractivity contribution in [3.8, 4) is 0 Å². The molecule has 15 heavy (non-hydrogen) atoms. The van der Waals surface area contributed by atoms with Gasteiger partial charge in [-0.25, -0.2) is 0 Å². The summed E-state index contributed by atoms with van der Waals surface area (Å²) in [5.74, 6) is -0.00725. The fourth-order valence-electron chi connectivity index (χ4n) is 1.13. The fourth-order valence-corrected chi connectivity index (χ4v) is 2.54. The van der Waals surface area contributed by atoms with E-state index in [9.17, 15) is 9.90 Å². The highest BCUT2D eigenvalue weighted by atomic mass is 79.9. The molecule has 1 rings (SSSR count). The van der Waals surface area contributed by atoms with E-state index in [4.69, 9.17) is 0 Å². The van der Waals surface area contributed by atoms with Crippen LogP contribution in [0.15, 0.2) is 15.9 Å². The molecule has 1 heterocycles. The monoisotopic (exact) mass is 291 g/mol. The Bertz CT molecular complexity index is 327. The Labute approximate surface area is 102 Å². The van der Waals surface area contributed by atoms with Gasteiger partial charge in [-0.1, -0.05) is 6.92 Å². The van der Waals surface area contributed by atoms with E-state index >= 15 is 0 Å². The molecule has 84 valence electrons. The molecule has 2 N–H and O–H groups in total. The minimum atomic E-state index is -0.609. The van der Waals surface area contributed by atoms with Crippen molar-refractivity contribution in [1.29, 1.82) is 0 Å². The molecule has 0 bridgehead atoms. The van der Waals surface area contributed by atoms with Crippen molar-refractivity contribution in [1.82, 2.24) is 5.32 Å². The van der Waals surface area contributed by atoms with Crippen molar-refractivity contribution in [2.75, 3.05) is 6.54 Å². The predicted molar refractivity (Wildman–Crippen MR) is 64.9 cm³/mol. The second-order valence-corrected chi connectivity index (χ2v) is 5.71. The van der Waals surface area contributed by atoms with Crippen LogP contribution < -0.4 is 5.32 Å². The summed E-state index contributed by atoms with van der Waals surface area (Å²) in [5.41, 5.74) is 0. The molecule has 0 saturated carbocycles. The predicted octanol–water partition coefficient (Wildman–Crippen LogP) is 2.46. The average molecular weight is 292 g/mol. The summed E-state index contributed by atoms with van der Waals surface area (Å²) >= 11 is 4.80. The van der Waals surface area contributed by atoms with Crippen molar-refractivity contribution < 1.29 is 9.90 Å². The lowest BCUT2D eigenvalue weighted by molar-refractivity contribution is -0.121. The van der Waals surface area contributed by atoms with Crippen molar-refractivity contribution in [3.63, 3.8) is 0 Å². The number of amides is 1. The molecule has 5 heteroatoms. The molecule has 0 spiro atoms. The van der Waals surface area contributed by atoms with Gasteiger partial charge in [-0.3, -0.25) is 4.79 Å². The summed E-state index contributed by atoms with van der Waals surface area (Å²) in [5, 5.41) is 12.4. The summed E-state index contributed by atoms with van der Waals surface area (Å²) in [6.07, 6.45) is 0.731. The summed E-state index contributed by atoms with van der Waals surface area (Å²) in [4.78, 5) is 12.0. The SMILES string of the molecule is CCCC(=O)NCC(O)c1ccc(Br)s1. The minimum absolute atomic E-state index is 0.00725. The van der Waals surface area contributed by atoms with Crippen LogP contribution in [0.4, 0.5) is 0 Å². The highest BCUT2D eigenvalue weighted by molar-refractivity contribution is 9.11. The van der Waals surface area contributed by atoms with E-state index in [1.165, 1.54) is 11.3 Å². The van der Waals surface area contributed by atoms with Crippen LogP contribution in [0.5, 0.6) is 0 Å². The lowest BCUT2D eigenvalue weighted by Gasteiger charge is -2.09. The van der Waals surface area contributed by atoms with Gasteiger partial charge in [-0.2, -0.15) is 0 Å². The number of hydrogen-bond acceptors (Lipinski definition) is 3. The van der Waals surface area contributed by atoms with Gasteiger partial charge in [-0.15, -0.1) is 11.3 Å². The van der Waals surface area contributed by atoms with Gasteiger partial charge in [0.25, 0.3) is 0 Å². The third kappa shape index (κ3) is 4.32. The fraction of sp³-hybridized carbons (Fsp3) is 0.500. The lowest BCUT2D eigenvalue weighted by atomic mass is 10.2. The van der Waals surface area contributed by atoms with E-state index in [2.05, 4.69) is 21.2 Å². The first kappa shape index (κ1) is 12.7. The van der Waals surface area contributed by atoms with Gasteiger partial charge in [0.15, 0.2) is 0 Å². The number of aliphatic hydroxyl groups is 1. The molecule has 0 radical (unpaired) electrons. The maximum Gasteiger partial charge on any atom is 0.220 e. The van der Waals surface area contributed by atoms with Crippen LogP contribution in [0.25, 0.3) is 0 Å². The van der Waals surface area contributed by atoms with Crippen LogP contribution in [-0.2, 0) is 4.79 Å². The van der Waals surface area contributed by atoms with Crippen LogP contribution in [0.3, 0.4) is 0 Å².